The number of aromatic nitrogens is 1. The molecule has 1 atom stereocenters. The third-order valence-electron chi connectivity index (χ3n) is 6.40. The van der Waals surface area contributed by atoms with Gasteiger partial charge in [-0.25, -0.2) is 4.79 Å². The van der Waals surface area contributed by atoms with Crippen LogP contribution in [0.15, 0.2) is 91.1 Å². The number of carbonyl (C=O) groups excluding carboxylic acids is 1. The molecular weight excluding hydrogens is 466 g/mol. The van der Waals surface area contributed by atoms with E-state index in [0.717, 1.165) is 27.6 Å². The van der Waals surface area contributed by atoms with Crippen molar-refractivity contribution in [3.8, 4) is 0 Å². The Morgan fingerprint density at radius 2 is 1.62 bits per heavy atom. The van der Waals surface area contributed by atoms with E-state index in [1.54, 1.807) is 0 Å². The number of carboxylic acids is 1. The van der Waals surface area contributed by atoms with Gasteiger partial charge in [0.1, 0.15) is 6.04 Å². The number of carbonyl (C=O) groups is 2. The Balaban J connectivity index is 1.72. The minimum Gasteiger partial charge on any atom is -0.480 e. The third kappa shape index (κ3) is 6.35. The Morgan fingerprint density at radius 3 is 2.22 bits per heavy atom. The number of H-pyrrole nitrogens is 1. The van der Waals surface area contributed by atoms with Gasteiger partial charge in [-0.15, -0.1) is 0 Å². The Kier molecular flexibility index (Phi) is 8.20. The van der Waals surface area contributed by atoms with Crippen molar-refractivity contribution in [2.24, 2.45) is 5.73 Å². The van der Waals surface area contributed by atoms with E-state index in [9.17, 15) is 14.7 Å². The van der Waals surface area contributed by atoms with Gasteiger partial charge < -0.3 is 26.0 Å². The monoisotopic (exact) mass is 497 g/mol. The molecule has 0 aliphatic carbocycles. The highest BCUT2D eigenvalue weighted by molar-refractivity contribution is 5.91. The lowest BCUT2D eigenvalue weighted by atomic mass is 9.89. The highest BCUT2D eigenvalue weighted by atomic mass is 16.4. The molecule has 0 fully saturated rings. The highest BCUT2D eigenvalue weighted by Crippen LogP contribution is 2.30. The molecule has 0 saturated heterocycles. The molecular formula is C29H31N5O3. The van der Waals surface area contributed by atoms with Crippen molar-refractivity contribution >= 4 is 28.7 Å². The van der Waals surface area contributed by atoms with Crippen molar-refractivity contribution in [2.75, 3.05) is 6.54 Å². The van der Waals surface area contributed by atoms with Crippen molar-refractivity contribution in [1.29, 1.82) is 5.41 Å². The van der Waals surface area contributed by atoms with Crippen LogP contribution in [0.4, 0.5) is 0 Å². The third-order valence-corrected chi connectivity index (χ3v) is 6.40. The number of guanidine groups is 1. The van der Waals surface area contributed by atoms with Crippen LogP contribution in [0.2, 0.25) is 0 Å². The van der Waals surface area contributed by atoms with E-state index < -0.39 is 17.9 Å². The summed E-state index contributed by atoms with van der Waals surface area (Å²) in [7, 11) is 0. The van der Waals surface area contributed by atoms with Crippen molar-refractivity contribution in [3.05, 3.63) is 108 Å². The summed E-state index contributed by atoms with van der Waals surface area (Å²) in [6, 6.07) is 25.6. The fraction of sp³-hybridized carbons (Fsp3) is 0.207. The first-order chi connectivity index (χ1) is 17.9. The summed E-state index contributed by atoms with van der Waals surface area (Å²) in [5.74, 6) is -2.18. The standard InChI is InChI=1S/C29H31N5O3/c30-29(31)33-16-7-12-25(28(36)37)34(19-20-13-14-24-23(18-20)15-17-32-24)27(35)26(21-8-3-1-4-9-21)22-10-5-2-6-11-22/h1-6,8-11,13-15,17-18,25-26,32H,7,12,16,19H2,(H,36,37)(H4,30,31,33)/t25-/m0/s1. The maximum atomic E-state index is 14.3. The first-order valence-electron chi connectivity index (χ1n) is 12.2. The fourth-order valence-corrected chi connectivity index (χ4v) is 4.61. The smallest absolute Gasteiger partial charge is 0.326 e. The number of benzene rings is 3. The zero-order valence-corrected chi connectivity index (χ0v) is 20.4. The summed E-state index contributed by atoms with van der Waals surface area (Å²) in [5, 5.41) is 21.3. The maximum Gasteiger partial charge on any atom is 0.326 e. The van der Waals surface area contributed by atoms with Gasteiger partial charge in [-0.1, -0.05) is 66.7 Å². The molecule has 0 spiro atoms. The lowest BCUT2D eigenvalue weighted by molar-refractivity contribution is -0.151. The Morgan fingerprint density at radius 1 is 0.973 bits per heavy atom. The van der Waals surface area contributed by atoms with Crippen molar-refractivity contribution in [3.63, 3.8) is 0 Å². The van der Waals surface area contributed by atoms with E-state index >= 15 is 0 Å². The largest absolute Gasteiger partial charge is 0.480 e. The summed E-state index contributed by atoms with van der Waals surface area (Å²) in [6.45, 7) is 0.491. The van der Waals surface area contributed by atoms with E-state index in [4.69, 9.17) is 11.1 Å². The summed E-state index contributed by atoms with van der Waals surface area (Å²) in [6.07, 6.45) is 2.49. The van der Waals surface area contributed by atoms with E-state index in [2.05, 4.69) is 10.3 Å². The number of nitrogens with two attached hydrogens (primary N) is 1. The molecule has 1 amide bonds. The number of nitrogens with zero attached hydrogens (tertiary/aromatic N) is 1. The normalized spacial score (nSPS) is 11.8. The van der Waals surface area contributed by atoms with Gasteiger partial charge in [0, 0.05) is 24.8 Å². The maximum absolute atomic E-state index is 14.3. The lowest BCUT2D eigenvalue weighted by Gasteiger charge is -2.33. The molecule has 4 aromatic rings. The summed E-state index contributed by atoms with van der Waals surface area (Å²) in [5.41, 5.74) is 8.78. The summed E-state index contributed by atoms with van der Waals surface area (Å²) >= 11 is 0. The number of carboxylic acid groups (broad SMARTS) is 1. The fourth-order valence-electron chi connectivity index (χ4n) is 4.61. The van der Waals surface area contributed by atoms with Gasteiger partial charge >= 0.3 is 5.97 Å². The number of hydrogen-bond donors (Lipinski definition) is 5. The van der Waals surface area contributed by atoms with Crippen LogP contribution in [-0.2, 0) is 16.1 Å². The molecule has 0 aliphatic rings. The van der Waals surface area contributed by atoms with E-state index in [-0.39, 0.29) is 24.8 Å². The zero-order valence-electron chi connectivity index (χ0n) is 20.4. The Labute approximate surface area is 215 Å². The molecule has 1 heterocycles. The summed E-state index contributed by atoms with van der Waals surface area (Å²) < 4.78 is 0. The van der Waals surface area contributed by atoms with Gasteiger partial charge in [-0.2, -0.15) is 0 Å². The molecule has 0 aliphatic heterocycles. The number of fused-ring (bicyclic) bond motifs is 1. The second-order valence-corrected chi connectivity index (χ2v) is 8.96. The van der Waals surface area contributed by atoms with Gasteiger partial charge in [-0.05, 0) is 53.1 Å². The number of aromatic amines is 1. The van der Waals surface area contributed by atoms with Crippen LogP contribution in [0.25, 0.3) is 10.9 Å². The van der Waals surface area contributed by atoms with Gasteiger partial charge in [0.25, 0.3) is 0 Å². The van der Waals surface area contributed by atoms with Gasteiger partial charge in [-0.3, -0.25) is 10.2 Å². The molecule has 1 aromatic heterocycles. The molecule has 190 valence electrons. The number of hydrogen-bond acceptors (Lipinski definition) is 3. The molecule has 6 N–H and O–H groups in total. The molecule has 4 rings (SSSR count). The molecule has 0 radical (unpaired) electrons. The minimum absolute atomic E-state index is 0.146. The van der Waals surface area contributed by atoms with Crippen LogP contribution in [0.3, 0.4) is 0 Å². The number of amides is 1. The van der Waals surface area contributed by atoms with Crippen LogP contribution >= 0.6 is 0 Å². The predicted octanol–water partition coefficient (Wildman–Crippen LogP) is 4.05. The Hall–Kier alpha value is -4.59. The van der Waals surface area contributed by atoms with E-state index in [0.29, 0.717) is 13.0 Å². The number of rotatable bonds is 11. The quantitative estimate of drug-likeness (QED) is 0.121. The highest BCUT2D eigenvalue weighted by Gasteiger charge is 2.35. The average molecular weight is 498 g/mol. The van der Waals surface area contributed by atoms with Gasteiger partial charge in [0.15, 0.2) is 5.96 Å². The van der Waals surface area contributed by atoms with Crippen LogP contribution in [0.1, 0.15) is 35.4 Å². The van der Waals surface area contributed by atoms with Crippen molar-refractivity contribution < 1.29 is 14.7 Å². The van der Waals surface area contributed by atoms with Crippen LogP contribution in [0, 0.1) is 5.41 Å². The van der Waals surface area contributed by atoms with Crippen LogP contribution < -0.4 is 11.1 Å². The van der Waals surface area contributed by atoms with Crippen molar-refractivity contribution in [1.82, 2.24) is 15.2 Å². The molecule has 0 bridgehead atoms. The van der Waals surface area contributed by atoms with Crippen LogP contribution in [-0.4, -0.2) is 45.4 Å². The second-order valence-electron chi connectivity index (χ2n) is 8.96. The minimum atomic E-state index is -1.07. The predicted molar refractivity (Wildman–Crippen MR) is 144 cm³/mol. The first-order valence-corrected chi connectivity index (χ1v) is 12.2. The molecule has 8 nitrogen and oxygen atoms in total. The Bertz CT molecular complexity index is 1310. The van der Waals surface area contributed by atoms with Crippen molar-refractivity contribution in [2.45, 2.75) is 31.3 Å². The van der Waals surface area contributed by atoms with E-state index in [1.165, 1.54) is 4.90 Å². The lowest BCUT2D eigenvalue weighted by Crippen LogP contribution is -2.47. The van der Waals surface area contributed by atoms with E-state index in [1.807, 2.05) is 91.1 Å². The molecule has 37 heavy (non-hydrogen) atoms. The SMILES string of the molecule is N=C(N)NCCC[C@@H](C(=O)O)N(Cc1ccc2[nH]ccc2c1)C(=O)C(c1ccccc1)c1ccccc1. The van der Waals surface area contributed by atoms with Gasteiger partial charge in [0.2, 0.25) is 5.91 Å². The average Bonchev–Trinajstić information content (AvgIpc) is 3.37. The topological polar surface area (TPSA) is 135 Å². The molecule has 0 saturated carbocycles. The second kappa shape index (κ2) is 11.9. The van der Waals surface area contributed by atoms with Crippen LogP contribution in [0.5, 0.6) is 0 Å². The molecule has 8 heteroatoms. The zero-order chi connectivity index (χ0) is 26.2. The molecule has 0 unspecified atom stereocenters. The molecule has 3 aromatic carbocycles. The summed E-state index contributed by atoms with van der Waals surface area (Å²) in [4.78, 5) is 31.5. The number of nitrogens with one attached hydrogen (secondary N) is 3. The number of aliphatic carboxylic acids is 1. The first kappa shape index (κ1) is 25.5. The van der Waals surface area contributed by atoms with Gasteiger partial charge in [0.05, 0.1) is 5.92 Å².